The minimum atomic E-state index is -1.29. The molecule has 0 aromatic heterocycles. The van der Waals surface area contributed by atoms with E-state index in [1.54, 1.807) is 4.90 Å². The quantitative estimate of drug-likeness (QED) is 0.830. The maximum absolute atomic E-state index is 13.9. The molecule has 2 heterocycles. The molecule has 0 aliphatic carbocycles. The number of hydrogen-bond donors (Lipinski definition) is 0. The second kappa shape index (κ2) is 6.83. The zero-order valence-corrected chi connectivity index (χ0v) is 13.2. The number of piperidine rings is 1. The van der Waals surface area contributed by atoms with Crippen molar-refractivity contribution in [2.45, 2.75) is 37.9 Å². The molecule has 130 valence electrons. The topological polar surface area (TPSA) is 40.6 Å². The predicted octanol–water partition coefficient (Wildman–Crippen LogP) is 2.53. The fourth-order valence-corrected chi connectivity index (χ4v) is 3.36. The first-order chi connectivity index (χ1) is 11.5. The van der Waals surface area contributed by atoms with E-state index in [-0.39, 0.29) is 24.4 Å². The number of carbonyl (C=O) groups is 2. The molecule has 0 saturated carbocycles. The number of halogens is 3. The second-order valence-corrected chi connectivity index (χ2v) is 6.32. The second-order valence-electron chi connectivity index (χ2n) is 6.32. The molecule has 24 heavy (non-hydrogen) atoms. The molecule has 1 aromatic rings. The molecule has 0 spiro atoms. The molecule has 2 fully saturated rings. The van der Waals surface area contributed by atoms with E-state index < -0.39 is 29.8 Å². The van der Waals surface area contributed by atoms with Gasteiger partial charge in [-0.3, -0.25) is 9.59 Å². The van der Waals surface area contributed by atoms with E-state index in [1.807, 2.05) is 0 Å². The zero-order chi connectivity index (χ0) is 17.3. The van der Waals surface area contributed by atoms with Crippen molar-refractivity contribution in [3.05, 3.63) is 35.4 Å². The van der Waals surface area contributed by atoms with Crippen LogP contribution >= 0.6 is 0 Å². The fourth-order valence-electron chi connectivity index (χ4n) is 3.36. The molecule has 0 bridgehead atoms. The summed E-state index contributed by atoms with van der Waals surface area (Å²) in [5, 5.41) is 0. The monoisotopic (exact) mass is 340 g/mol. The highest BCUT2D eigenvalue weighted by Crippen LogP contribution is 2.26. The van der Waals surface area contributed by atoms with E-state index in [4.69, 9.17) is 0 Å². The Balaban J connectivity index is 1.80. The number of amides is 2. The summed E-state index contributed by atoms with van der Waals surface area (Å²) in [7, 11) is 0. The fraction of sp³-hybridized carbons (Fsp3) is 0.529. The molecule has 3 rings (SSSR count). The first-order valence-corrected chi connectivity index (χ1v) is 8.16. The van der Waals surface area contributed by atoms with Crippen LogP contribution in [-0.2, 0) is 4.79 Å². The van der Waals surface area contributed by atoms with Gasteiger partial charge in [0.2, 0.25) is 5.91 Å². The Bertz CT molecular complexity index is 647. The molecular formula is C17H19F3N2O2. The van der Waals surface area contributed by atoms with Crippen LogP contribution in [0.2, 0.25) is 0 Å². The highest BCUT2D eigenvalue weighted by molar-refractivity contribution is 5.98. The average Bonchev–Trinajstić information content (AvgIpc) is 2.98. The summed E-state index contributed by atoms with van der Waals surface area (Å²) in [6.45, 7) is 1.01. The SMILES string of the molecule is O=C([C@@H]1C[C@H](F)CN1C(=O)c1ccc(F)c(F)c1)N1CCCCC1. The number of hydrogen-bond acceptors (Lipinski definition) is 2. The Morgan fingerprint density at radius 2 is 1.75 bits per heavy atom. The van der Waals surface area contributed by atoms with Crippen LogP contribution in [0.1, 0.15) is 36.0 Å². The van der Waals surface area contributed by atoms with Crippen molar-refractivity contribution in [1.82, 2.24) is 9.80 Å². The Morgan fingerprint density at radius 3 is 2.42 bits per heavy atom. The van der Waals surface area contributed by atoms with Gasteiger partial charge in [-0.15, -0.1) is 0 Å². The van der Waals surface area contributed by atoms with Crippen molar-refractivity contribution in [2.75, 3.05) is 19.6 Å². The molecule has 2 aliphatic rings. The Kier molecular flexibility index (Phi) is 4.78. The highest BCUT2D eigenvalue weighted by atomic mass is 19.2. The van der Waals surface area contributed by atoms with Crippen molar-refractivity contribution >= 4 is 11.8 Å². The molecule has 2 amide bonds. The van der Waals surface area contributed by atoms with Crippen LogP contribution < -0.4 is 0 Å². The summed E-state index contributed by atoms with van der Waals surface area (Å²) >= 11 is 0. The molecule has 0 N–H and O–H groups in total. The normalized spacial score (nSPS) is 24.3. The number of nitrogens with zero attached hydrogens (tertiary/aromatic N) is 2. The van der Waals surface area contributed by atoms with Crippen molar-refractivity contribution in [3.8, 4) is 0 Å². The minimum Gasteiger partial charge on any atom is -0.341 e. The van der Waals surface area contributed by atoms with Crippen molar-refractivity contribution < 1.29 is 22.8 Å². The molecule has 7 heteroatoms. The predicted molar refractivity (Wildman–Crippen MR) is 81.1 cm³/mol. The maximum atomic E-state index is 13.9. The van der Waals surface area contributed by atoms with Gasteiger partial charge in [0.05, 0.1) is 6.54 Å². The number of alkyl halides is 1. The Hall–Kier alpha value is -2.05. The molecule has 0 radical (unpaired) electrons. The Labute approximate surface area is 138 Å². The summed E-state index contributed by atoms with van der Waals surface area (Å²) in [4.78, 5) is 28.0. The zero-order valence-electron chi connectivity index (χ0n) is 13.2. The number of likely N-dealkylation sites (tertiary alicyclic amines) is 2. The lowest BCUT2D eigenvalue weighted by Gasteiger charge is -2.32. The van der Waals surface area contributed by atoms with Gasteiger partial charge in [0.15, 0.2) is 11.6 Å². The van der Waals surface area contributed by atoms with Crippen LogP contribution in [0.5, 0.6) is 0 Å². The van der Waals surface area contributed by atoms with Crippen LogP contribution in [0.4, 0.5) is 13.2 Å². The van der Waals surface area contributed by atoms with E-state index >= 15 is 0 Å². The van der Waals surface area contributed by atoms with E-state index in [0.717, 1.165) is 42.4 Å². The van der Waals surface area contributed by atoms with Crippen molar-refractivity contribution in [3.63, 3.8) is 0 Å². The third kappa shape index (κ3) is 3.25. The highest BCUT2D eigenvalue weighted by Gasteiger charge is 2.42. The van der Waals surface area contributed by atoms with E-state index in [2.05, 4.69) is 0 Å². The lowest BCUT2D eigenvalue weighted by atomic mass is 10.1. The van der Waals surface area contributed by atoms with Gasteiger partial charge >= 0.3 is 0 Å². The number of carbonyl (C=O) groups excluding carboxylic acids is 2. The first-order valence-electron chi connectivity index (χ1n) is 8.16. The smallest absolute Gasteiger partial charge is 0.254 e. The summed E-state index contributed by atoms with van der Waals surface area (Å²) in [5.41, 5.74) is -0.0838. The van der Waals surface area contributed by atoms with E-state index in [1.165, 1.54) is 0 Å². The van der Waals surface area contributed by atoms with E-state index in [0.29, 0.717) is 13.1 Å². The van der Waals surface area contributed by atoms with Crippen molar-refractivity contribution in [2.24, 2.45) is 0 Å². The third-order valence-corrected chi connectivity index (χ3v) is 4.63. The van der Waals surface area contributed by atoms with Gasteiger partial charge in [-0.05, 0) is 37.5 Å². The van der Waals surface area contributed by atoms with Gasteiger partial charge < -0.3 is 9.80 Å². The summed E-state index contributed by atoms with van der Waals surface area (Å²) in [5.74, 6) is -3.11. The Morgan fingerprint density at radius 1 is 1.04 bits per heavy atom. The maximum Gasteiger partial charge on any atom is 0.254 e. The molecule has 2 saturated heterocycles. The summed E-state index contributed by atoms with van der Waals surface area (Å²) < 4.78 is 40.3. The molecule has 2 atom stereocenters. The van der Waals surface area contributed by atoms with Gasteiger partial charge in [-0.1, -0.05) is 0 Å². The van der Waals surface area contributed by atoms with Gasteiger partial charge in [-0.2, -0.15) is 0 Å². The van der Waals surface area contributed by atoms with Crippen LogP contribution in [0, 0.1) is 11.6 Å². The van der Waals surface area contributed by atoms with Crippen LogP contribution in [-0.4, -0.2) is 53.5 Å². The molecule has 4 nitrogen and oxygen atoms in total. The molecular weight excluding hydrogens is 321 g/mol. The lowest BCUT2D eigenvalue weighted by molar-refractivity contribution is -0.136. The lowest BCUT2D eigenvalue weighted by Crippen LogP contribution is -2.49. The van der Waals surface area contributed by atoms with Gasteiger partial charge in [0, 0.05) is 25.1 Å². The van der Waals surface area contributed by atoms with Crippen LogP contribution in [0.15, 0.2) is 18.2 Å². The largest absolute Gasteiger partial charge is 0.341 e. The van der Waals surface area contributed by atoms with Crippen molar-refractivity contribution in [1.29, 1.82) is 0 Å². The number of benzene rings is 1. The number of rotatable bonds is 2. The average molecular weight is 340 g/mol. The van der Waals surface area contributed by atoms with Gasteiger partial charge in [0.25, 0.3) is 5.91 Å². The summed E-state index contributed by atoms with van der Waals surface area (Å²) in [6, 6.07) is 1.91. The standard InChI is InChI=1S/C17H19F3N2O2/c18-12-9-15(17(24)21-6-2-1-3-7-21)22(10-12)16(23)11-4-5-13(19)14(20)8-11/h4-5,8,12,15H,1-3,6-7,9-10H2/t12-,15-/m0/s1. The minimum absolute atomic E-state index is 0.0508. The molecule has 2 aliphatic heterocycles. The molecule has 0 unspecified atom stereocenters. The van der Waals surface area contributed by atoms with Crippen LogP contribution in [0.3, 0.4) is 0 Å². The molecule has 1 aromatic carbocycles. The first kappa shape index (κ1) is 16.8. The summed E-state index contributed by atoms with van der Waals surface area (Å²) in [6.07, 6.45) is 1.50. The van der Waals surface area contributed by atoms with Gasteiger partial charge in [0.1, 0.15) is 12.2 Å². The third-order valence-electron chi connectivity index (χ3n) is 4.63. The van der Waals surface area contributed by atoms with Gasteiger partial charge in [-0.25, -0.2) is 13.2 Å². The van der Waals surface area contributed by atoms with E-state index in [9.17, 15) is 22.8 Å². The van der Waals surface area contributed by atoms with Crippen LogP contribution in [0.25, 0.3) is 0 Å².